The second-order valence-electron chi connectivity index (χ2n) is 2.58. The number of carbonyl (C=O) groups is 1. The molecule has 1 aliphatic heterocycles. The lowest BCUT2D eigenvalue weighted by atomic mass is 10.0. The maximum absolute atomic E-state index is 10.7. The highest BCUT2D eigenvalue weighted by atomic mass is 16.6. The normalized spacial score (nSPS) is 42.5. The van der Waals surface area contributed by atoms with Crippen LogP contribution in [0.15, 0.2) is 0 Å². The number of ether oxygens (including phenoxy) is 1. The molecule has 1 fully saturated rings. The Balaban J connectivity index is 2.70. The molecule has 12 heavy (non-hydrogen) atoms. The van der Waals surface area contributed by atoms with Gasteiger partial charge >= 0.3 is 5.97 Å². The van der Waals surface area contributed by atoms with Gasteiger partial charge in [-0.2, -0.15) is 0 Å². The summed E-state index contributed by atoms with van der Waals surface area (Å²) in [5.41, 5.74) is 0. The number of carbonyl (C=O) groups excluding carboxylic acids is 1. The number of rotatable bonds is 1. The quantitative estimate of drug-likeness (QED) is 0.318. The number of aliphatic hydroxyl groups excluding tert-OH is 4. The molecular weight excluding hydrogens is 168 g/mol. The highest BCUT2D eigenvalue weighted by Crippen LogP contribution is 2.15. The molecule has 0 radical (unpaired) electrons. The fraction of sp³-hybridized carbons (Fsp3) is 0.833. The fourth-order valence-electron chi connectivity index (χ4n) is 0.980. The Morgan fingerprint density at radius 1 is 1.25 bits per heavy atom. The van der Waals surface area contributed by atoms with E-state index < -0.39 is 37.0 Å². The highest BCUT2D eigenvalue weighted by Gasteiger charge is 2.43. The van der Waals surface area contributed by atoms with E-state index in [1.54, 1.807) is 0 Å². The summed E-state index contributed by atoms with van der Waals surface area (Å²) in [5, 5.41) is 35.5. The molecule has 0 bridgehead atoms. The molecule has 4 atom stereocenters. The van der Waals surface area contributed by atoms with Crippen molar-refractivity contribution in [2.75, 3.05) is 6.61 Å². The van der Waals surface area contributed by atoms with E-state index in [0.717, 1.165) is 0 Å². The minimum Gasteiger partial charge on any atom is -0.455 e. The van der Waals surface area contributed by atoms with E-state index in [0.29, 0.717) is 0 Å². The first-order chi connectivity index (χ1) is 5.57. The van der Waals surface area contributed by atoms with Crippen LogP contribution in [0.3, 0.4) is 0 Å². The van der Waals surface area contributed by atoms with Crippen molar-refractivity contribution in [1.29, 1.82) is 0 Å². The summed E-state index contributed by atoms with van der Waals surface area (Å²) in [4.78, 5) is 10.7. The van der Waals surface area contributed by atoms with Crippen LogP contribution in [0, 0.1) is 0 Å². The van der Waals surface area contributed by atoms with E-state index in [2.05, 4.69) is 4.74 Å². The molecule has 0 amide bonds. The second-order valence-corrected chi connectivity index (χ2v) is 2.58. The summed E-state index contributed by atoms with van der Waals surface area (Å²) >= 11 is 0. The molecule has 70 valence electrons. The summed E-state index contributed by atoms with van der Waals surface area (Å²) in [6.45, 7) is -0.587. The molecule has 1 heterocycles. The van der Waals surface area contributed by atoms with Gasteiger partial charge in [0.25, 0.3) is 0 Å². The maximum Gasteiger partial charge on any atom is 0.338 e. The minimum atomic E-state index is -1.73. The first-order valence-corrected chi connectivity index (χ1v) is 3.43. The zero-order valence-electron chi connectivity index (χ0n) is 6.12. The monoisotopic (exact) mass is 178 g/mol. The molecule has 1 rings (SSSR count). The van der Waals surface area contributed by atoms with Gasteiger partial charge in [-0.25, -0.2) is 4.79 Å². The number of hydrogen-bond acceptors (Lipinski definition) is 6. The Morgan fingerprint density at radius 3 is 2.33 bits per heavy atom. The van der Waals surface area contributed by atoms with Crippen molar-refractivity contribution in [3.8, 4) is 0 Å². The van der Waals surface area contributed by atoms with Gasteiger partial charge in [0.15, 0.2) is 12.2 Å². The second kappa shape index (κ2) is 3.36. The van der Waals surface area contributed by atoms with Crippen LogP contribution in [0.1, 0.15) is 0 Å². The van der Waals surface area contributed by atoms with Crippen molar-refractivity contribution in [3.05, 3.63) is 0 Å². The first kappa shape index (κ1) is 9.40. The van der Waals surface area contributed by atoms with Gasteiger partial charge in [-0.05, 0) is 0 Å². The van der Waals surface area contributed by atoms with Crippen LogP contribution in [-0.4, -0.2) is 57.4 Å². The average molecular weight is 178 g/mol. The van der Waals surface area contributed by atoms with Gasteiger partial charge in [-0.1, -0.05) is 0 Å². The molecule has 6 heteroatoms. The van der Waals surface area contributed by atoms with Crippen molar-refractivity contribution in [2.45, 2.75) is 24.4 Å². The smallest absolute Gasteiger partial charge is 0.338 e. The molecule has 0 aliphatic carbocycles. The third kappa shape index (κ3) is 1.42. The van der Waals surface area contributed by atoms with Gasteiger partial charge in [0.2, 0.25) is 0 Å². The van der Waals surface area contributed by atoms with Crippen LogP contribution in [-0.2, 0) is 9.53 Å². The molecule has 0 spiro atoms. The SMILES string of the molecule is O=C1O[C@@H](CO)[C@@H](O)[C@H](O)[C@@H]1O. The van der Waals surface area contributed by atoms with E-state index in [-0.39, 0.29) is 0 Å². The highest BCUT2D eigenvalue weighted by molar-refractivity contribution is 5.76. The van der Waals surface area contributed by atoms with E-state index >= 15 is 0 Å². The van der Waals surface area contributed by atoms with Crippen molar-refractivity contribution in [1.82, 2.24) is 0 Å². The summed E-state index contributed by atoms with van der Waals surface area (Å²) in [7, 11) is 0. The largest absolute Gasteiger partial charge is 0.455 e. The Bertz CT molecular complexity index is 179. The van der Waals surface area contributed by atoms with Crippen molar-refractivity contribution in [3.63, 3.8) is 0 Å². The topological polar surface area (TPSA) is 107 Å². The predicted molar refractivity (Wildman–Crippen MR) is 35.0 cm³/mol. The van der Waals surface area contributed by atoms with E-state index in [9.17, 15) is 4.79 Å². The molecule has 1 aliphatic rings. The van der Waals surface area contributed by atoms with E-state index in [4.69, 9.17) is 20.4 Å². The number of cyclic esters (lactones) is 1. The molecule has 0 saturated carbocycles. The van der Waals surface area contributed by atoms with Crippen LogP contribution in [0.2, 0.25) is 0 Å². The zero-order chi connectivity index (χ0) is 9.30. The molecule has 6 nitrogen and oxygen atoms in total. The lowest BCUT2D eigenvalue weighted by Gasteiger charge is -2.32. The molecule has 0 aromatic rings. The lowest BCUT2D eigenvalue weighted by Crippen LogP contribution is -2.56. The van der Waals surface area contributed by atoms with Crippen molar-refractivity contribution < 1.29 is 30.0 Å². The van der Waals surface area contributed by atoms with E-state index in [1.165, 1.54) is 0 Å². The summed E-state index contributed by atoms with van der Waals surface area (Å²) in [6.07, 6.45) is -5.93. The lowest BCUT2D eigenvalue weighted by molar-refractivity contribution is -0.206. The van der Waals surface area contributed by atoms with Crippen LogP contribution >= 0.6 is 0 Å². The van der Waals surface area contributed by atoms with Gasteiger partial charge < -0.3 is 25.2 Å². The molecule has 0 aromatic carbocycles. The molecule has 0 aromatic heterocycles. The molecular formula is C6H10O6. The van der Waals surface area contributed by atoms with Crippen molar-refractivity contribution >= 4 is 5.97 Å². The van der Waals surface area contributed by atoms with Crippen molar-refractivity contribution in [2.24, 2.45) is 0 Å². The number of esters is 1. The Kier molecular flexibility index (Phi) is 2.63. The Labute approximate surface area is 68.0 Å². The minimum absolute atomic E-state index is 0.587. The maximum atomic E-state index is 10.7. The number of hydrogen-bond donors (Lipinski definition) is 4. The van der Waals surface area contributed by atoms with Gasteiger partial charge in [0.1, 0.15) is 12.2 Å². The van der Waals surface area contributed by atoms with Crippen LogP contribution < -0.4 is 0 Å². The van der Waals surface area contributed by atoms with Crippen LogP contribution in [0.4, 0.5) is 0 Å². The summed E-state index contributed by atoms with van der Waals surface area (Å²) in [5.74, 6) is -1.04. The Morgan fingerprint density at radius 2 is 1.83 bits per heavy atom. The van der Waals surface area contributed by atoms with Gasteiger partial charge in [0, 0.05) is 0 Å². The van der Waals surface area contributed by atoms with Crippen LogP contribution in [0.5, 0.6) is 0 Å². The third-order valence-corrected chi connectivity index (χ3v) is 1.74. The van der Waals surface area contributed by atoms with Gasteiger partial charge in [0.05, 0.1) is 6.61 Å². The summed E-state index contributed by atoms with van der Waals surface area (Å²) in [6, 6.07) is 0. The number of aliphatic hydroxyl groups is 4. The fourth-order valence-corrected chi connectivity index (χ4v) is 0.980. The first-order valence-electron chi connectivity index (χ1n) is 3.43. The van der Waals surface area contributed by atoms with Gasteiger partial charge in [-0.3, -0.25) is 0 Å². The third-order valence-electron chi connectivity index (χ3n) is 1.74. The van der Waals surface area contributed by atoms with Crippen LogP contribution in [0.25, 0.3) is 0 Å². The molecule has 1 saturated heterocycles. The van der Waals surface area contributed by atoms with E-state index in [1.807, 2.05) is 0 Å². The zero-order valence-corrected chi connectivity index (χ0v) is 6.12. The average Bonchev–Trinajstić information content (AvgIpc) is 2.08. The Hall–Kier alpha value is -0.690. The predicted octanol–water partition coefficient (Wildman–Crippen LogP) is -3.01. The standard InChI is InChI=1S/C6H10O6/c7-1-2-3(8)4(9)5(10)6(11)12-2/h2-5,7-10H,1H2/t2-,3+,4-,5-/m0/s1. The summed E-state index contributed by atoms with van der Waals surface area (Å²) < 4.78 is 4.38. The van der Waals surface area contributed by atoms with Gasteiger partial charge in [-0.15, -0.1) is 0 Å². The molecule has 0 unspecified atom stereocenters. The molecule has 4 N–H and O–H groups in total.